The van der Waals surface area contributed by atoms with Crippen molar-refractivity contribution >= 4 is 43.8 Å². The van der Waals surface area contributed by atoms with E-state index in [2.05, 4.69) is 15.0 Å². The minimum Gasteiger partial charge on any atom is -0.383 e. The van der Waals surface area contributed by atoms with Gasteiger partial charge in [0, 0.05) is 18.1 Å². The van der Waals surface area contributed by atoms with Gasteiger partial charge in [0.1, 0.15) is 10.7 Å². The van der Waals surface area contributed by atoms with E-state index in [0.29, 0.717) is 18.5 Å². The largest absolute Gasteiger partial charge is 0.383 e. The maximum Gasteiger partial charge on any atom is 0.266 e. The molecule has 0 saturated carbocycles. The molecule has 1 heterocycles. The molecule has 31 heavy (non-hydrogen) atoms. The number of nitrogens with one attached hydrogen (secondary N) is 2. The van der Waals surface area contributed by atoms with E-state index in [1.165, 1.54) is 12.3 Å². The summed E-state index contributed by atoms with van der Waals surface area (Å²) in [6, 6.07) is 5.80. The summed E-state index contributed by atoms with van der Waals surface area (Å²) in [5.74, 6) is -2.76. The first kappa shape index (κ1) is 23.4. The summed E-state index contributed by atoms with van der Waals surface area (Å²) in [4.78, 5) is 3.22. The number of hydrogen-bond acceptors (Lipinski definition) is 5. The molecule has 0 aliphatic rings. The number of aromatic nitrogens is 1. The number of halogens is 4. The van der Waals surface area contributed by atoms with Gasteiger partial charge in [-0.15, -0.1) is 11.3 Å². The number of sulfonamides is 1. The molecule has 2 aromatic carbocycles. The Morgan fingerprint density at radius 3 is 2.55 bits per heavy atom. The van der Waals surface area contributed by atoms with Crippen molar-refractivity contribution in [1.82, 2.24) is 4.98 Å². The quantitative estimate of drug-likeness (QED) is 0.404. The van der Waals surface area contributed by atoms with Crippen molar-refractivity contribution in [1.29, 1.82) is 0 Å². The highest BCUT2D eigenvalue weighted by molar-refractivity contribution is 7.93. The lowest BCUT2D eigenvalue weighted by atomic mass is 9.96. The Morgan fingerprint density at radius 1 is 1.13 bits per heavy atom. The molecule has 0 saturated heterocycles. The molecule has 0 bridgehead atoms. The van der Waals surface area contributed by atoms with Crippen molar-refractivity contribution in [2.45, 2.75) is 24.7 Å². The number of anilines is 2. The van der Waals surface area contributed by atoms with Gasteiger partial charge in [0.05, 0.1) is 10.7 Å². The van der Waals surface area contributed by atoms with Gasteiger partial charge >= 0.3 is 0 Å². The Kier molecular flexibility index (Phi) is 7.45. The molecule has 0 aliphatic carbocycles. The Hall–Kier alpha value is -2.30. The van der Waals surface area contributed by atoms with Crippen LogP contribution in [0.5, 0.6) is 0 Å². The fraction of sp³-hybridized carbons (Fsp3) is 0.250. The van der Waals surface area contributed by atoms with Crippen molar-refractivity contribution in [3.8, 4) is 0 Å². The van der Waals surface area contributed by atoms with Gasteiger partial charge in [-0.2, -0.15) is 0 Å². The predicted octanol–water partition coefficient (Wildman–Crippen LogP) is 5.70. The van der Waals surface area contributed by atoms with Crippen LogP contribution >= 0.6 is 22.9 Å². The number of rotatable bonds is 9. The molecule has 5 nitrogen and oxygen atoms in total. The fourth-order valence-corrected chi connectivity index (χ4v) is 5.10. The molecule has 2 N–H and O–H groups in total. The highest BCUT2D eigenvalue weighted by atomic mass is 35.5. The summed E-state index contributed by atoms with van der Waals surface area (Å²) >= 11 is 7.25. The molecule has 0 amide bonds. The molecule has 166 valence electrons. The van der Waals surface area contributed by atoms with Crippen LogP contribution in [-0.4, -0.2) is 19.9 Å². The summed E-state index contributed by atoms with van der Waals surface area (Å²) in [6.07, 6.45) is 2.62. The van der Waals surface area contributed by atoms with E-state index in [1.807, 2.05) is 6.92 Å². The molecule has 3 rings (SSSR count). The molecule has 0 spiro atoms. The molecule has 0 aliphatic heterocycles. The maximum absolute atomic E-state index is 14.6. The van der Waals surface area contributed by atoms with Crippen LogP contribution in [0.25, 0.3) is 0 Å². The normalized spacial score (nSPS) is 12.5. The van der Waals surface area contributed by atoms with E-state index in [-0.39, 0.29) is 21.8 Å². The summed E-state index contributed by atoms with van der Waals surface area (Å²) in [5, 5.41) is 4.73. The van der Waals surface area contributed by atoms with Gasteiger partial charge in [-0.05, 0) is 42.2 Å². The first-order valence-corrected chi connectivity index (χ1v) is 12.0. The predicted molar refractivity (Wildman–Crippen MR) is 117 cm³/mol. The molecule has 1 aromatic heterocycles. The number of thiazole rings is 1. The zero-order chi connectivity index (χ0) is 22.6. The van der Waals surface area contributed by atoms with E-state index in [9.17, 15) is 21.6 Å². The third-order valence-corrected chi connectivity index (χ3v) is 7.12. The topological polar surface area (TPSA) is 71.1 Å². The van der Waals surface area contributed by atoms with Crippen LogP contribution < -0.4 is 10.0 Å². The summed E-state index contributed by atoms with van der Waals surface area (Å²) in [5.41, 5.74) is 0.871. The summed E-state index contributed by atoms with van der Waals surface area (Å²) < 4.78 is 68.2. The van der Waals surface area contributed by atoms with Gasteiger partial charge in [0.25, 0.3) is 10.0 Å². The molecule has 0 fully saturated rings. The zero-order valence-corrected chi connectivity index (χ0v) is 18.7. The molecule has 0 radical (unpaired) electrons. The molecule has 11 heteroatoms. The lowest BCUT2D eigenvalue weighted by Gasteiger charge is -2.18. The monoisotopic (exact) mass is 489 g/mol. The Labute approximate surface area is 187 Å². The van der Waals surface area contributed by atoms with Crippen LogP contribution in [0, 0.1) is 23.4 Å². The Balaban J connectivity index is 1.71. The number of benzene rings is 2. The van der Waals surface area contributed by atoms with Gasteiger partial charge in [0.15, 0.2) is 16.8 Å². The van der Waals surface area contributed by atoms with Gasteiger partial charge < -0.3 is 5.32 Å². The second kappa shape index (κ2) is 9.88. The van der Waals surface area contributed by atoms with Crippen LogP contribution in [0.1, 0.15) is 18.9 Å². The standard InChI is InChI=1S/C20H19ClF3N3O2S2/c1-2-12(7-13-3-4-15(22)16(23)8-13)11-26-18-10-17(24)19(9-14(18)21)31(28,29)27-20-25-5-6-30-20/h3-6,8-10,12,26H,2,7,11H2,1H3,(H,25,27)/t12-/m0/s1. The molecular weight excluding hydrogens is 471 g/mol. The van der Waals surface area contributed by atoms with Gasteiger partial charge in [-0.3, -0.25) is 4.72 Å². The van der Waals surface area contributed by atoms with Crippen molar-refractivity contribution in [2.75, 3.05) is 16.6 Å². The van der Waals surface area contributed by atoms with E-state index >= 15 is 0 Å². The maximum atomic E-state index is 14.6. The van der Waals surface area contributed by atoms with Gasteiger partial charge in [-0.1, -0.05) is 31.0 Å². The third kappa shape index (κ3) is 5.90. The smallest absolute Gasteiger partial charge is 0.266 e. The van der Waals surface area contributed by atoms with Crippen molar-refractivity contribution < 1.29 is 21.6 Å². The second-order valence-corrected chi connectivity index (χ2v) is 9.77. The molecule has 3 aromatic rings. The summed E-state index contributed by atoms with van der Waals surface area (Å²) in [7, 11) is -4.19. The van der Waals surface area contributed by atoms with Crippen molar-refractivity contribution in [2.24, 2.45) is 5.92 Å². The fourth-order valence-electron chi connectivity index (χ4n) is 2.93. The Bertz CT molecular complexity index is 1160. The van der Waals surface area contributed by atoms with Crippen LogP contribution in [0.3, 0.4) is 0 Å². The van der Waals surface area contributed by atoms with Crippen molar-refractivity contribution in [3.63, 3.8) is 0 Å². The SMILES string of the molecule is CC[C@H](CNc1cc(F)c(S(=O)(=O)Nc2nccs2)cc1Cl)Cc1ccc(F)c(F)c1. The zero-order valence-electron chi connectivity index (χ0n) is 16.3. The Morgan fingerprint density at radius 2 is 1.90 bits per heavy atom. The van der Waals surface area contributed by atoms with Crippen LogP contribution in [0.4, 0.5) is 24.0 Å². The van der Waals surface area contributed by atoms with Crippen molar-refractivity contribution in [3.05, 3.63) is 69.9 Å². The van der Waals surface area contributed by atoms with Crippen LogP contribution in [0.2, 0.25) is 5.02 Å². The highest BCUT2D eigenvalue weighted by Gasteiger charge is 2.22. The minimum absolute atomic E-state index is 0.0268. The average Bonchev–Trinajstić information content (AvgIpc) is 3.22. The van der Waals surface area contributed by atoms with Gasteiger partial charge in [-0.25, -0.2) is 26.6 Å². The first-order valence-electron chi connectivity index (χ1n) is 9.28. The second-order valence-electron chi connectivity index (χ2n) is 6.81. The van der Waals surface area contributed by atoms with Crippen LogP contribution in [-0.2, 0) is 16.4 Å². The molecule has 0 unspecified atom stereocenters. The number of hydrogen-bond donors (Lipinski definition) is 2. The first-order chi connectivity index (χ1) is 14.7. The average molecular weight is 490 g/mol. The lowest BCUT2D eigenvalue weighted by Crippen LogP contribution is -2.18. The van der Waals surface area contributed by atoms with Gasteiger partial charge in [0.2, 0.25) is 0 Å². The van der Waals surface area contributed by atoms with Crippen LogP contribution in [0.15, 0.2) is 46.8 Å². The summed E-state index contributed by atoms with van der Waals surface area (Å²) in [6.45, 7) is 2.31. The molecular formula is C20H19ClF3N3O2S2. The minimum atomic E-state index is -4.19. The highest BCUT2D eigenvalue weighted by Crippen LogP contribution is 2.30. The third-order valence-electron chi connectivity index (χ3n) is 4.63. The van der Waals surface area contributed by atoms with E-state index in [1.54, 1.807) is 5.38 Å². The lowest BCUT2D eigenvalue weighted by molar-refractivity contribution is 0.499. The van der Waals surface area contributed by atoms with E-state index in [4.69, 9.17) is 11.6 Å². The van der Waals surface area contributed by atoms with E-state index < -0.39 is 32.4 Å². The van der Waals surface area contributed by atoms with E-state index in [0.717, 1.165) is 42.0 Å². The molecule has 1 atom stereocenters. The number of nitrogens with zero attached hydrogens (tertiary/aromatic N) is 1.